The molecule has 0 spiro atoms. The summed E-state index contributed by atoms with van der Waals surface area (Å²) in [5, 5.41) is 5.37. The molecule has 1 nitrogen and oxygen atoms in total. The SMILES string of the molecule is c1ccc(-c2ccc3sc4ccc5[nH]c6ccccc6c5c4c3c2)cc1. The van der Waals surface area contributed by atoms with Gasteiger partial charge in [0, 0.05) is 42.0 Å². The molecule has 0 bridgehead atoms. The summed E-state index contributed by atoms with van der Waals surface area (Å²) in [6.07, 6.45) is 0. The van der Waals surface area contributed by atoms with E-state index in [4.69, 9.17) is 0 Å². The van der Waals surface area contributed by atoms with Gasteiger partial charge in [0.25, 0.3) is 0 Å². The van der Waals surface area contributed by atoms with Crippen molar-refractivity contribution < 1.29 is 0 Å². The number of H-pyrrole nitrogens is 1. The third-order valence-corrected chi connectivity index (χ3v) is 6.34. The van der Waals surface area contributed by atoms with E-state index in [-0.39, 0.29) is 0 Å². The Morgan fingerprint density at radius 2 is 1.35 bits per heavy atom. The molecule has 0 aliphatic carbocycles. The van der Waals surface area contributed by atoms with Crippen molar-refractivity contribution in [1.29, 1.82) is 0 Å². The fraction of sp³-hybridized carbons (Fsp3) is 0. The first kappa shape index (κ1) is 14.1. The number of aromatic nitrogens is 1. The largest absolute Gasteiger partial charge is 0.354 e. The molecule has 4 aromatic carbocycles. The lowest BCUT2D eigenvalue weighted by molar-refractivity contribution is 1.55. The Balaban J connectivity index is 1.79. The average molecular weight is 349 g/mol. The van der Waals surface area contributed by atoms with Crippen molar-refractivity contribution >= 4 is 53.3 Å². The van der Waals surface area contributed by atoms with Gasteiger partial charge >= 0.3 is 0 Å². The minimum atomic E-state index is 1.20. The van der Waals surface area contributed by atoms with Gasteiger partial charge in [0.1, 0.15) is 0 Å². The Hall–Kier alpha value is -3.10. The number of benzene rings is 4. The van der Waals surface area contributed by atoms with E-state index in [1.54, 1.807) is 0 Å². The van der Waals surface area contributed by atoms with Crippen molar-refractivity contribution in [2.24, 2.45) is 0 Å². The van der Waals surface area contributed by atoms with E-state index in [0.717, 1.165) is 0 Å². The van der Waals surface area contributed by atoms with E-state index >= 15 is 0 Å². The third-order valence-electron chi connectivity index (χ3n) is 5.21. The van der Waals surface area contributed by atoms with Crippen LogP contribution < -0.4 is 0 Å². The molecule has 2 heteroatoms. The van der Waals surface area contributed by atoms with Crippen LogP contribution in [0.1, 0.15) is 0 Å². The Morgan fingerprint density at radius 3 is 2.27 bits per heavy atom. The van der Waals surface area contributed by atoms with Crippen molar-refractivity contribution in [1.82, 2.24) is 4.98 Å². The van der Waals surface area contributed by atoms with E-state index in [1.807, 2.05) is 11.3 Å². The number of hydrogen-bond acceptors (Lipinski definition) is 1. The Morgan fingerprint density at radius 1 is 0.538 bits per heavy atom. The normalized spacial score (nSPS) is 11.8. The maximum atomic E-state index is 3.58. The highest BCUT2D eigenvalue weighted by Crippen LogP contribution is 2.42. The molecular weight excluding hydrogens is 334 g/mol. The monoisotopic (exact) mass is 349 g/mol. The van der Waals surface area contributed by atoms with E-state index in [0.29, 0.717) is 0 Å². The van der Waals surface area contributed by atoms with Crippen molar-refractivity contribution in [3.8, 4) is 11.1 Å². The lowest BCUT2D eigenvalue weighted by atomic mass is 10.0. The van der Waals surface area contributed by atoms with Crippen LogP contribution in [0.25, 0.3) is 53.1 Å². The van der Waals surface area contributed by atoms with Crippen LogP contribution in [0.15, 0.2) is 84.9 Å². The highest BCUT2D eigenvalue weighted by molar-refractivity contribution is 7.26. The molecule has 1 N–H and O–H groups in total. The number of hydrogen-bond donors (Lipinski definition) is 1. The van der Waals surface area contributed by atoms with Crippen LogP contribution in [-0.4, -0.2) is 4.98 Å². The number of fused-ring (bicyclic) bond motifs is 7. The molecule has 0 saturated heterocycles. The fourth-order valence-electron chi connectivity index (χ4n) is 4.02. The van der Waals surface area contributed by atoms with Gasteiger partial charge in [-0.3, -0.25) is 0 Å². The Bertz CT molecular complexity index is 1420. The molecule has 26 heavy (non-hydrogen) atoms. The average Bonchev–Trinajstić information content (AvgIpc) is 3.25. The number of para-hydroxylation sites is 1. The zero-order valence-electron chi connectivity index (χ0n) is 14.0. The predicted molar refractivity (Wildman–Crippen MR) is 114 cm³/mol. The predicted octanol–water partition coefficient (Wildman–Crippen LogP) is 7.36. The molecule has 0 amide bonds. The molecule has 2 aromatic heterocycles. The van der Waals surface area contributed by atoms with Crippen molar-refractivity contribution in [3.63, 3.8) is 0 Å². The lowest BCUT2D eigenvalue weighted by Crippen LogP contribution is -1.77. The summed E-state index contributed by atoms with van der Waals surface area (Å²) in [7, 11) is 0. The molecule has 0 aliphatic rings. The summed E-state index contributed by atoms with van der Waals surface area (Å²) in [5.74, 6) is 0. The molecule has 122 valence electrons. The van der Waals surface area contributed by atoms with Crippen LogP contribution >= 0.6 is 11.3 Å². The second-order valence-corrected chi connectivity index (χ2v) is 7.79. The number of rotatable bonds is 1. The summed E-state index contributed by atoms with van der Waals surface area (Å²) in [6, 6.07) is 30.5. The molecule has 0 atom stereocenters. The second-order valence-electron chi connectivity index (χ2n) is 6.71. The van der Waals surface area contributed by atoms with Gasteiger partial charge in [0.2, 0.25) is 0 Å². The zero-order valence-corrected chi connectivity index (χ0v) is 14.8. The number of nitrogens with one attached hydrogen (secondary N) is 1. The minimum absolute atomic E-state index is 1.20. The van der Waals surface area contributed by atoms with Crippen LogP contribution in [0.2, 0.25) is 0 Å². The molecule has 0 fully saturated rings. The van der Waals surface area contributed by atoms with Gasteiger partial charge in [-0.1, -0.05) is 54.6 Å². The van der Waals surface area contributed by atoms with Crippen LogP contribution in [0.5, 0.6) is 0 Å². The standard InChI is InChI=1S/C24H15NS/c1-2-6-15(7-3-1)16-10-12-21-18(14-16)24-22(26-21)13-11-20-23(24)17-8-4-5-9-19(17)25-20/h1-14,25H. The molecule has 2 heterocycles. The van der Waals surface area contributed by atoms with Crippen molar-refractivity contribution in [2.45, 2.75) is 0 Å². The van der Waals surface area contributed by atoms with Crippen LogP contribution in [0.4, 0.5) is 0 Å². The van der Waals surface area contributed by atoms with Crippen molar-refractivity contribution in [2.75, 3.05) is 0 Å². The summed E-state index contributed by atoms with van der Waals surface area (Å²) < 4.78 is 2.69. The van der Waals surface area contributed by atoms with Gasteiger partial charge in [-0.15, -0.1) is 11.3 Å². The van der Waals surface area contributed by atoms with Gasteiger partial charge in [0.05, 0.1) is 0 Å². The number of thiophene rings is 1. The smallest absolute Gasteiger partial charge is 0.0472 e. The van der Waals surface area contributed by atoms with Crippen LogP contribution in [0.3, 0.4) is 0 Å². The summed E-state index contributed by atoms with van der Waals surface area (Å²) >= 11 is 1.88. The van der Waals surface area contributed by atoms with Crippen molar-refractivity contribution in [3.05, 3.63) is 84.9 Å². The second kappa shape index (κ2) is 5.20. The quantitative estimate of drug-likeness (QED) is 0.319. The maximum absolute atomic E-state index is 3.58. The molecule has 0 aliphatic heterocycles. The van der Waals surface area contributed by atoms with Gasteiger partial charge < -0.3 is 4.98 Å². The molecule has 0 saturated carbocycles. The maximum Gasteiger partial charge on any atom is 0.0472 e. The topological polar surface area (TPSA) is 15.8 Å². The van der Waals surface area contributed by atoms with Gasteiger partial charge in [-0.2, -0.15) is 0 Å². The first-order valence-corrected chi connectivity index (χ1v) is 9.61. The molecule has 6 rings (SSSR count). The summed E-state index contributed by atoms with van der Waals surface area (Å²) in [5.41, 5.74) is 4.95. The van der Waals surface area contributed by atoms with Gasteiger partial charge in [0.15, 0.2) is 0 Å². The molecular formula is C24H15NS. The van der Waals surface area contributed by atoms with Crippen LogP contribution in [0, 0.1) is 0 Å². The lowest BCUT2D eigenvalue weighted by Gasteiger charge is -2.02. The first-order chi connectivity index (χ1) is 12.9. The summed E-state index contributed by atoms with van der Waals surface area (Å²) in [4.78, 5) is 3.58. The van der Waals surface area contributed by atoms with E-state index in [2.05, 4.69) is 89.9 Å². The van der Waals surface area contributed by atoms with Gasteiger partial charge in [-0.05, 0) is 41.5 Å². The first-order valence-electron chi connectivity index (χ1n) is 8.79. The Labute approximate surface area is 154 Å². The van der Waals surface area contributed by atoms with E-state index < -0.39 is 0 Å². The number of aromatic amines is 1. The minimum Gasteiger partial charge on any atom is -0.354 e. The Kier molecular flexibility index (Phi) is 2.82. The van der Waals surface area contributed by atoms with Crippen LogP contribution in [-0.2, 0) is 0 Å². The molecule has 0 unspecified atom stereocenters. The third kappa shape index (κ3) is 1.91. The zero-order chi connectivity index (χ0) is 17.1. The summed E-state index contributed by atoms with van der Waals surface area (Å²) in [6.45, 7) is 0. The van der Waals surface area contributed by atoms with Gasteiger partial charge in [-0.25, -0.2) is 0 Å². The highest BCUT2D eigenvalue weighted by atomic mass is 32.1. The molecule has 6 aromatic rings. The van der Waals surface area contributed by atoms with E-state index in [1.165, 1.54) is 53.1 Å². The fourth-order valence-corrected chi connectivity index (χ4v) is 5.11. The van der Waals surface area contributed by atoms with E-state index in [9.17, 15) is 0 Å². The molecule has 0 radical (unpaired) electrons. The highest BCUT2D eigenvalue weighted by Gasteiger charge is 2.13.